The van der Waals surface area contributed by atoms with Crippen molar-refractivity contribution in [3.05, 3.63) is 53.3 Å². The molecule has 0 fully saturated rings. The van der Waals surface area contributed by atoms with Crippen LogP contribution in [0.2, 0.25) is 0 Å². The molecule has 0 radical (unpaired) electrons. The molecule has 1 aromatic heterocycles. The Labute approximate surface area is 160 Å². The Bertz CT molecular complexity index is 1010. The number of halogens is 1. The molecule has 146 valence electrons. The van der Waals surface area contributed by atoms with Crippen molar-refractivity contribution in [1.82, 2.24) is 10.2 Å². The molecule has 1 aliphatic carbocycles. The number of hydrogen-bond acceptors (Lipinski definition) is 6. The molecule has 2 aromatic carbocycles. The van der Waals surface area contributed by atoms with E-state index in [-0.39, 0.29) is 19.0 Å². The molecule has 8 heteroatoms. The lowest BCUT2D eigenvalue weighted by Gasteiger charge is -2.14. The normalized spacial score (nSPS) is 13.0. The molecule has 0 saturated heterocycles. The van der Waals surface area contributed by atoms with Gasteiger partial charge in [-0.15, -0.1) is 0 Å². The summed E-state index contributed by atoms with van der Waals surface area (Å²) >= 11 is 0. The number of nitrogens with zero attached hydrogens (tertiary/aromatic N) is 1. The number of aliphatic hydroxyl groups is 2. The number of fused-ring (bicyclic) bond motifs is 3. The average molecular weight is 385 g/mol. The summed E-state index contributed by atoms with van der Waals surface area (Å²) in [6.07, 6.45) is -0.348. The van der Waals surface area contributed by atoms with Gasteiger partial charge >= 0.3 is 0 Å². The molecular weight excluding hydrogens is 365 g/mol. The standard InChI is InChI=1S/C20H20FN3O4/c1-27-17-8-15-11(6-18(17)28-10-14(26)9-25)5-16-19(15)23-24-20(16)22-13-4-2-3-12(21)7-13/h2-4,6-8,14,25-26H,5,9-10H2,1H3,(H2,22,23,24). The average Bonchev–Trinajstić information content (AvgIpc) is 3.24. The molecule has 4 N–H and O–H groups in total. The van der Waals surface area contributed by atoms with E-state index in [0.29, 0.717) is 29.4 Å². The van der Waals surface area contributed by atoms with Gasteiger partial charge in [-0.05, 0) is 35.9 Å². The zero-order valence-electron chi connectivity index (χ0n) is 15.2. The lowest BCUT2D eigenvalue weighted by atomic mass is 10.1. The topological polar surface area (TPSA) is 99.6 Å². The van der Waals surface area contributed by atoms with E-state index in [1.165, 1.54) is 19.2 Å². The molecule has 0 bridgehead atoms. The van der Waals surface area contributed by atoms with Crippen LogP contribution in [0.15, 0.2) is 36.4 Å². The van der Waals surface area contributed by atoms with E-state index >= 15 is 0 Å². The summed E-state index contributed by atoms with van der Waals surface area (Å²) < 4.78 is 24.4. The van der Waals surface area contributed by atoms with Crippen molar-refractivity contribution in [2.24, 2.45) is 0 Å². The number of rotatable bonds is 7. The lowest BCUT2D eigenvalue weighted by molar-refractivity contribution is 0.0527. The van der Waals surface area contributed by atoms with Gasteiger partial charge in [0, 0.05) is 23.2 Å². The zero-order valence-corrected chi connectivity index (χ0v) is 15.2. The predicted molar refractivity (Wildman–Crippen MR) is 102 cm³/mol. The highest BCUT2D eigenvalue weighted by Gasteiger charge is 2.27. The highest BCUT2D eigenvalue weighted by atomic mass is 19.1. The van der Waals surface area contributed by atoms with Crippen LogP contribution in [0.5, 0.6) is 11.5 Å². The highest BCUT2D eigenvalue weighted by molar-refractivity contribution is 5.81. The van der Waals surface area contributed by atoms with Gasteiger partial charge in [0.2, 0.25) is 0 Å². The Morgan fingerprint density at radius 2 is 2.14 bits per heavy atom. The molecule has 0 spiro atoms. The van der Waals surface area contributed by atoms with Gasteiger partial charge in [0.15, 0.2) is 17.3 Å². The fraction of sp³-hybridized carbons (Fsp3) is 0.250. The highest BCUT2D eigenvalue weighted by Crippen LogP contribution is 2.44. The van der Waals surface area contributed by atoms with Gasteiger partial charge in [0.05, 0.1) is 19.4 Å². The van der Waals surface area contributed by atoms with Crippen LogP contribution in [-0.4, -0.2) is 46.8 Å². The molecule has 1 unspecified atom stereocenters. The maximum Gasteiger partial charge on any atom is 0.161 e. The van der Waals surface area contributed by atoms with Gasteiger partial charge in [-0.25, -0.2) is 4.39 Å². The molecule has 3 aromatic rings. The van der Waals surface area contributed by atoms with Crippen molar-refractivity contribution in [2.75, 3.05) is 25.6 Å². The molecule has 1 heterocycles. The number of ether oxygens (including phenoxy) is 2. The van der Waals surface area contributed by atoms with Gasteiger partial charge < -0.3 is 25.0 Å². The third-order valence-electron chi connectivity index (χ3n) is 4.62. The molecular formula is C20H20FN3O4. The Morgan fingerprint density at radius 3 is 2.89 bits per heavy atom. The fourth-order valence-corrected chi connectivity index (χ4v) is 3.25. The Hall–Kier alpha value is -3.10. The number of aromatic amines is 1. The smallest absolute Gasteiger partial charge is 0.161 e. The Balaban J connectivity index is 1.61. The Kier molecular flexibility index (Phi) is 4.89. The maximum atomic E-state index is 13.4. The number of anilines is 2. The van der Waals surface area contributed by atoms with E-state index in [0.717, 1.165) is 22.4 Å². The molecule has 1 aliphatic rings. The molecule has 4 rings (SSSR count). The van der Waals surface area contributed by atoms with Crippen LogP contribution in [0.4, 0.5) is 15.9 Å². The summed E-state index contributed by atoms with van der Waals surface area (Å²) in [4.78, 5) is 0. The van der Waals surface area contributed by atoms with Crippen LogP contribution in [-0.2, 0) is 6.42 Å². The van der Waals surface area contributed by atoms with Crippen molar-refractivity contribution >= 4 is 11.5 Å². The van der Waals surface area contributed by atoms with E-state index in [4.69, 9.17) is 14.6 Å². The second-order valence-electron chi connectivity index (χ2n) is 6.55. The zero-order chi connectivity index (χ0) is 19.7. The fourth-order valence-electron chi connectivity index (χ4n) is 3.25. The van der Waals surface area contributed by atoms with Crippen LogP contribution in [0.25, 0.3) is 11.3 Å². The molecule has 0 amide bonds. The van der Waals surface area contributed by atoms with Crippen molar-refractivity contribution in [3.63, 3.8) is 0 Å². The van der Waals surface area contributed by atoms with E-state index in [9.17, 15) is 9.50 Å². The SMILES string of the molecule is COc1cc2c(cc1OCC(O)CO)Cc1c(Nc3cccc(F)c3)n[nH]c1-2. The first-order valence-corrected chi connectivity index (χ1v) is 8.82. The summed E-state index contributed by atoms with van der Waals surface area (Å²) in [6, 6.07) is 9.91. The second kappa shape index (κ2) is 7.49. The van der Waals surface area contributed by atoms with Crippen LogP contribution >= 0.6 is 0 Å². The lowest BCUT2D eigenvalue weighted by Crippen LogP contribution is -2.21. The summed E-state index contributed by atoms with van der Waals surface area (Å²) in [6.45, 7) is -0.413. The number of H-pyrrole nitrogens is 1. The number of aromatic nitrogens is 2. The van der Waals surface area contributed by atoms with Crippen LogP contribution in [0, 0.1) is 5.82 Å². The maximum absolute atomic E-state index is 13.4. The predicted octanol–water partition coefficient (Wildman–Crippen LogP) is 2.60. The molecule has 7 nitrogen and oxygen atoms in total. The number of methoxy groups -OCH3 is 1. The summed E-state index contributed by atoms with van der Waals surface area (Å²) in [5.74, 6) is 1.32. The van der Waals surface area contributed by atoms with Crippen molar-refractivity contribution in [1.29, 1.82) is 0 Å². The second-order valence-corrected chi connectivity index (χ2v) is 6.55. The van der Waals surface area contributed by atoms with E-state index in [1.807, 2.05) is 12.1 Å². The van der Waals surface area contributed by atoms with Crippen LogP contribution < -0.4 is 14.8 Å². The van der Waals surface area contributed by atoms with Crippen molar-refractivity contribution < 1.29 is 24.1 Å². The molecule has 0 aliphatic heterocycles. The molecule has 1 atom stereocenters. The Morgan fingerprint density at radius 1 is 1.29 bits per heavy atom. The van der Waals surface area contributed by atoms with Gasteiger partial charge in [0.25, 0.3) is 0 Å². The van der Waals surface area contributed by atoms with Gasteiger partial charge in [-0.3, -0.25) is 5.10 Å². The number of benzene rings is 2. The van der Waals surface area contributed by atoms with Crippen LogP contribution in [0.3, 0.4) is 0 Å². The van der Waals surface area contributed by atoms with E-state index in [1.54, 1.807) is 12.1 Å². The first kappa shape index (κ1) is 18.3. The number of hydrogen-bond donors (Lipinski definition) is 4. The molecule has 0 saturated carbocycles. The van der Waals surface area contributed by atoms with E-state index in [2.05, 4.69) is 15.5 Å². The minimum atomic E-state index is -0.961. The summed E-state index contributed by atoms with van der Waals surface area (Å²) in [7, 11) is 1.54. The monoisotopic (exact) mass is 385 g/mol. The summed E-state index contributed by atoms with van der Waals surface area (Å²) in [5.41, 5.74) is 4.41. The first-order chi connectivity index (χ1) is 13.6. The van der Waals surface area contributed by atoms with Crippen LogP contribution in [0.1, 0.15) is 11.1 Å². The van der Waals surface area contributed by atoms with Gasteiger partial charge in [-0.2, -0.15) is 5.10 Å². The quantitative estimate of drug-likeness (QED) is 0.390. The number of aliphatic hydroxyl groups excluding tert-OH is 2. The third-order valence-corrected chi connectivity index (χ3v) is 4.62. The van der Waals surface area contributed by atoms with Crippen molar-refractivity contribution in [3.8, 4) is 22.8 Å². The van der Waals surface area contributed by atoms with Crippen molar-refractivity contribution in [2.45, 2.75) is 12.5 Å². The van der Waals surface area contributed by atoms with E-state index < -0.39 is 6.10 Å². The summed E-state index contributed by atoms with van der Waals surface area (Å²) in [5, 5.41) is 29.0. The third kappa shape index (κ3) is 3.39. The minimum absolute atomic E-state index is 0.0368. The largest absolute Gasteiger partial charge is 0.493 e. The van der Waals surface area contributed by atoms with Gasteiger partial charge in [-0.1, -0.05) is 6.07 Å². The first-order valence-electron chi connectivity index (χ1n) is 8.82. The minimum Gasteiger partial charge on any atom is -0.493 e. The molecule has 28 heavy (non-hydrogen) atoms. The number of nitrogens with one attached hydrogen (secondary N) is 2. The van der Waals surface area contributed by atoms with Gasteiger partial charge in [0.1, 0.15) is 18.5 Å².